The highest BCUT2D eigenvalue weighted by Gasteiger charge is 2.20. The summed E-state index contributed by atoms with van der Waals surface area (Å²) in [5.41, 5.74) is 2.71. The Labute approximate surface area is 183 Å². The zero-order valence-corrected chi connectivity index (χ0v) is 18.2. The number of rotatable bonds is 8. The molecule has 0 amide bonds. The fourth-order valence-corrected chi connectivity index (χ4v) is 4.19. The normalized spacial score (nSPS) is 11.6. The van der Waals surface area contributed by atoms with Gasteiger partial charge in [-0.15, -0.1) is 0 Å². The van der Waals surface area contributed by atoms with Gasteiger partial charge in [-0.2, -0.15) is 5.26 Å². The topological polar surface area (TPSA) is 76.4 Å². The van der Waals surface area contributed by atoms with Crippen LogP contribution in [0.1, 0.15) is 23.6 Å². The van der Waals surface area contributed by atoms with E-state index >= 15 is 0 Å². The van der Waals surface area contributed by atoms with Crippen LogP contribution in [0.5, 0.6) is 11.5 Å². The second-order valence-electron chi connectivity index (χ2n) is 6.85. The van der Waals surface area contributed by atoms with Crippen molar-refractivity contribution in [3.05, 3.63) is 94.4 Å². The molecule has 3 aromatic rings. The van der Waals surface area contributed by atoms with Crippen LogP contribution in [0.3, 0.4) is 0 Å². The smallest absolute Gasteiger partial charge is 0.216 e. The van der Waals surface area contributed by atoms with Crippen LogP contribution in [0, 0.1) is 18.3 Å². The summed E-state index contributed by atoms with van der Waals surface area (Å²) in [4.78, 5) is -0.263. The fraction of sp³-hybridized carbons (Fsp3) is 0.160. The molecular weight excluding hydrogens is 410 g/mol. The minimum Gasteiger partial charge on any atom is -0.490 e. The molecule has 0 saturated carbocycles. The summed E-state index contributed by atoms with van der Waals surface area (Å²) in [6.45, 7) is 4.67. The Hall–Kier alpha value is -3.56. The molecule has 0 unspecified atom stereocenters. The Kier molecular flexibility index (Phi) is 7.11. The van der Waals surface area contributed by atoms with Crippen molar-refractivity contribution in [2.75, 3.05) is 6.61 Å². The van der Waals surface area contributed by atoms with E-state index in [9.17, 15) is 13.7 Å². The summed E-state index contributed by atoms with van der Waals surface area (Å²) >= 11 is 0. The van der Waals surface area contributed by atoms with Gasteiger partial charge in [0.25, 0.3) is 0 Å². The van der Waals surface area contributed by atoms with Crippen LogP contribution in [-0.2, 0) is 16.4 Å². The molecule has 6 heteroatoms. The molecule has 0 atom stereocenters. The van der Waals surface area contributed by atoms with Crippen LogP contribution in [-0.4, -0.2) is 15.0 Å². The summed E-state index contributed by atoms with van der Waals surface area (Å²) < 4.78 is 37.2. The van der Waals surface area contributed by atoms with Gasteiger partial charge in [0.05, 0.1) is 11.5 Å². The third-order valence-electron chi connectivity index (χ3n) is 4.50. The van der Waals surface area contributed by atoms with Gasteiger partial charge in [0, 0.05) is 0 Å². The van der Waals surface area contributed by atoms with Crippen LogP contribution in [0.15, 0.2) is 82.6 Å². The molecule has 0 saturated heterocycles. The number of hydrogen-bond acceptors (Lipinski definition) is 5. The molecule has 0 aliphatic carbocycles. The SMILES string of the molecule is CCOc1cc(/C=C(/C#N)S(=O)(=O)c2ccccc2)ccc1OCc1cccc(C)c1. The lowest BCUT2D eigenvalue weighted by Crippen LogP contribution is -2.03. The molecule has 0 spiro atoms. The first-order valence-electron chi connectivity index (χ1n) is 9.81. The van der Waals surface area contributed by atoms with Crippen LogP contribution < -0.4 is 9.47 Å². The highest BCUT2D eigenvalue weighted by molar-refractivity contribution is 7.95. The average molecular weight is 434 g/mol. The van der Waals surface area contributed by atoms with Crippen molar-refractivity contribution in [2.24, 2.45) is 0 Å². The van der Waals surface area contributed by atoms with Crippen LogP contribution >= 0.6 is 0 Å². The number of nitriles is 1. The molecule has 0 N–H and O–H groups in total. The molecule has 0 aromatic heterocycles. The van der Waals surface area contributed by atoms with Gasteiger partial charge in [0.1, 0.15) is 17.6 Å². The summed E-state index contributed by atoms with van der Waals surface area (Å²) in [6.07, 6.45) is 1.34. The van der Waals surface area contributed by atoms with Gasteiger partial charge in [-0.05, 0) is 55.3 Å². The first-order valence-corrected chi connectivity index (χ1v) is 11.3. The van der Waals surface area contributed by atoms with Crippen molar-refractivity contribution in [2.45, 2.75) is 25.3 Å². The zero-order valence-electron chi connectivity index (χ0n) is 17.4. The van der Waals surface area contributed by atoms with E-state index in [1.165, 1.54) is 18.2 Å². The van der Waals surface area contributed by atoms with Gasteiger partial charge >= 0.3 is 0 Å². The van der Waals surface area contributed by atoms with E-state index < -0.39 is 9.84 Å². The zero-order chi connectivity index (χ0) is 22.3. The summed E-state index contributed by atoms with van der Waals surface area (Å²) in [5, 5.41) is 9.49. The Bertz CT molecular complexity index is 1230. The van der Waals surface area contributed by atoms with E-state index in [2.05, 4.69) is 0 Å². The Morgan fingerprint density at radius 3 is 2.42 bits per heavy atom. The van der Waals surface area contributed by atoms with E-state index in [0.717, 1.165) is 11.1 Å². The van der Waals surface area contributed by atoms with Gasteiger partial charge in [-0.25, -0.2) is 8.42 Å². The molecule has 3 rings (SSSR count). The van der Waals surface area contributed by atoms with Crippen LogP contribution in [0.4, 0.5) is 0 Å². The molecule has 0 heterocycles. The molecule has 0 bridgehead atoms. The molecule has 0 fully saturated rings. The minimum absolute atomic E-state index is 0.0749. The van der Waals surface area contributed by atoms with Crippen molar-refractivity contribution < 1.29 is 17.9 Å². The highest BCUT2D eigenvalue weighted by atomic mass is 32.2. The molecule has 31 heavy (non-hydrogen) atoms. The first-order chi connectivity index (χ1) is 14.9. The third-order valence-corrected chi connectivity index (χ3v) is 6.18. The monoisotopic (exact) mass is 433 g/mol. The van der Waals surface area contributed by atoms with E-state index in [-0.39, 0.29) is 9.80 Å². The summed E-state index contributed by atoms with van der Waals surface area (Å²) in [5.74, 6) is 1.03. The number of hydrogen-bond donors (Lipinski definition) is 0. The van der Waals surface area contributed by atoms with Crippen molar-refractivity contribution in [3.63, 3.8) is 0 Å². The average Bonchev–Trinajstić information content (AvgIpc) is 2.77. The molecule has 158 valence electrons. The molecule has 0 aliphatic rings. The molecule has 5 nitrogen and oxygen atoms in total. The van der Waals surface area contributed by atoms with E-state index in [0.29, 0.717) is 30.3 Å². The maximum Gasteiger partial charge on any atom is 0.216 e. The van der Waals surface area contributed by atoms with Crippen LogP contribution in [0.2, 0.25) is 0 Å². The number of nitrogens with zero attached hydrogens (tertiary/aromatic N) is 1. The Morgan fingerprint density at radius 1 is 0.968 bits per heavy atom. The molecule has 0 aliphatic heterocycles. The number of aryl methyl sites for hydroxylation is 1. The Morgan fingerprint density at radius 2 is 1.74 bits per heavy atom. The molecular formula is C25H23NO4S. The van der Waals surface area contributed by atoms with Gasteiger partial charge < -0.3 is 9.47 Å². The predicted molar refractivity (Wildman–Crippen MR) is 120 cm³/mol. The summed E-state index contributed by atoms with van der Waals surface area (Å²) in [6, 6.07) is 22.8. The quantitative estimate of drug-likeness (QED) is 0.450. The number of allylic oxidation sites excluding steroid dienone is 1. The maximum atomic E-state index is 12.8. The fourth-order valence-electron chi connectivity index (χ4n) is 3.01. The molecule has 0 radical (unpaired) electrons. The lowest BCUT2D eigenvalue weighted by atomic mass is 10.1. The summed E-state index contributed by atoms with van der Waals surface area (Å²) in [7, 11) is -3.91. The van der Waals surface area contributed by atoms with E-state index in [1.54, 1.807) is 36.4 Å². The maximum absolute atomic E-state index is 12.8. The number of benzene rings is 3. The number of sulfone groups is 1. The van der Waals surface area contributed by atoms with Gasteiger partial charge in [0.2, 0.25) is 9.84 Å². The van der Waals surface area contributed by atoms with Crippen molar-refractivity contribution in [3.8, 4) is 17.6 Å². The van der Waals surface area contributed by atoms with Crippen molar-refractivity contribution in [1.29, 1.82) is 5.26 Å². The standard InChI is InChI=1S/C25H23NO4S/c1-3-29-25-16-20(12-13-24(25)30-18-21-9-7-8-19(2)14-21)15-23(17-26)31(27,28)22-10-5-4-6-11-22/h4-16H,3,18H2,1-2H3/b23-15-. The largest absolute Gasteiger partial charge is 0.490 e. The number of ether oxygens (including phenoxy) is 2. The van der Waals surface area contributed by atoms with Crippen LogP contribution in [0.25, 0.3) is 6.08 Å². The highest BCUT2D eigenvalue weighted by Crippen LogP contribution is 2.31. The molecule has 3 aromatic carbocycles. The lowest BCUT2D eigenvalue weighted by molar-refractivity contribution is 0.269. The second kappa shape index (κ2) is 9.96. The van der Waals surface area contributed by atoms with Crippen molar-refractivity contribution in [1.82, 2.24) is 0 Å². The van der Waals surface area contributed by atoms with Gasteiger partial charge in [-0.3, -0.25) is 0 Å². The minimum atomic E-state index is -3.91. The van der Waals surface area contributed by atoms with Crippen molar-refractivity contribution >= 4 is 15.9 Å². The first kappa shape index (κ1) is 22.1. The van der Waals surface area contributed by atoms with E-state index in [1.807, 2.05) is 44.2 Å². The van der Waals surface area contributed by atoms with Gasteiger partial charge in [0.15, 0.2) is 11.5 Å². The lowest BCUT2D eigenvalue weighted by Gasteiger charge is -2.13. The van der Waals surface area contributed by atoms with Gasteiger partial charge in [-0.1, -0.05) is 54.1 Å². The predicted octanol–water partition coefficient (Wildman–Crippen LogP) is 5.31. The van der Waals surface area contributed by atoms with E-state index in [4.69, 9.17) is 9.47 Å². The third kappa shape index (κ3) is 5.53. The Balaban J connectivity index is 1.89. The second-order valence-corrected chi connectivity index (χ2v) is 8.77.